The first-order chi connectivity index (χ1) is 23.4. The molecule has 4 amide bonds. The van der Waals surface area contributed by atoms with Gasteiger partial charge < -0.3 is 21.3 Å². The molecule has 0 saturated heterocycles. The van der Waals surface area contributed by atoms with Crippen LogP contribution in [0, 0.1) is 29.6 Å². The highest BCUT2D eigenvalue weighted by Gasteiger charge is 2.16. The van der Waals surface area contributed by atoms with Crippen LogP contribution in [-0.2, 0) is 29.2 Å². The molecule has 52 heavy (non-hydrogen) atoms. The standard InChI is InChI=1S/C10H19NO2.C9H18O.C7H16N2O.C7H15NO.C6H15NO2S/c1-7(2)5-9(12)6-11-10(13)8(3)4;1-7(2)5-9(10)6-8(3)4;1-5(2)8-7(10)9-6(3)4;1-5(2)7(9)8-6(3)4;1-5(2)7-10(8,9)6(3)4/h7-8H,5-6H2,1-4H3,(H,11,13);7-8H,5-6H2,1-4H3;5-6H,1-4H3,(H2,8,9,10);5-6H,1-4H3,(H,8,9);5-7H,1-4H3. The lowest BCUT2D eigenvalue weighted by Crippen LogP contribution is -2.42. The Morgan fingerprint density at radius 2 is 0.769 bits per heavy atom. The smallest absolute Gasteiger partial charge is 0.315 e. The fourth-order valence-corrected chi connectivity index (χ4v) is 4.32. The van der Waals surface area contributed by atoms with Crippen LogP contribution in [0.15, 0.2) is 0 Å². The fourth-order valence-electron chi connectivity index (χ4n) is 3.39. The molecule has 0 aromatic rings. The minimum Gasteiger partial charge on any atom is -0.354 e. The summed E-state index contributed by atoms with van der Waals surface area (Å²) < 4.78 is 24.6. The van der Waals surface area contributed by atoms with Crippen LogP contribution in [0.5, 0.6) is 0 Å². The number of carbonyl (C=O) groups excluding carboxylic acids is 5. The summed E-state index contributed by atoms with van der Waals surface area (Å²) in [5.74, 6) is 2.04. The molecule has 0 aliphatic rings. The van der Waals surface area contributed by atoms with Crippen molar-refractivity contribution >= 4 is 39.4 Å². The van der Waals surface area contributed by atoms with E-state index in [-0.39, 0.29) is 71.4 Å². The second-order valence-corrected chi connectivity index (χ2v) is 18.6. The number of urea groups is 1. The lowest BCUT2D eigenvalue weighted by atomic mass is 10.00. The average molecular weight is 766 g/mol. The summed E-state index contributed by atoms with van der Waals surface area (Å²) in [4.78, 5) is 55.0. The molecule has 312 valence electrons. The third-order valence-corrected chi connectivity index (χ3v) is 7.75. The van der Waals surface area contributed by atoms with E-state index in [0.29, 0.717) is 30.0 Å². The molecule has 0 aliphatic heterocycles. The molecule has 0 spiro atoms. The van der Waals surface area contributed by atoms with Gasteiger partial charge in [0.2, 0.25) is 21.8 Å². The maximum Gasteiger partial charge on any atom is 0.315 e. The molecule has 13 heteroatoms. The van der Waals surface area contributed by atoms with Gasteiger partial charge in [-0.2, -0.15) is 0 Å². The van der Waals surface area contributed by atoms with Crippen LogP contribution in [0.25, 0.3) is 0 Å². The topological polar surface area (TPSA) is 180 Å². The molecule has 0 radical (unpaired) electrons. The van der Waals surface area contributed by atoms with Gasteiger partial charge in [-0.05, 0) is 87.0 Å². The van der Waals surface area contributed by atoms with Crippen LogP contribution in [0.2, 0.25) is 0 Å². The Balaban J connectivity index is -0.000000178. The van der Waals surface area contributed by atoms with Crippen molar-refractivity contribution in [2.45, 2.75) is 187 Å². The Hall–Kier alpha value is -2.54. The normalized spacial score (nSPS) is 11.0. The first-order valence-corrected chi connectivity index (χ1v) is 20.6. The van der Waals surface area contributed by atoms with Crippen LogP contribution < -0.4 is 26.0 Å². The number of hydrogen-bond donors (Lipinski definition) is 5. The Labute approximate surface area is 320 Å². The molecule has 0 aromatic heterocycles. The van der Waals surface area contributed by atoms with Crippen molar-refractivity contribution in [3.63, 3.8) is 0 Å². The maximum atomic E-state index is 11.2. The predicted molar refractivity (Wildman–Crippen MR) is 219 cm³/mol. The Morgan fingerprint density at radius 1 is 0.442 bits per heavy atom. The van der Waals surface area contributed by atoms with Crippen molar-refractivity contribution in [2.24, 2.45) is 29.6 Å². The van der Waals surface area contributed by atoms with Gasteiger partial charge >= 0.3 is 6.03 Å². The molecule has 5 N–H and O–H groups in total. The zero-order valence-corrected chi connectivity index (χ0v) is 37.7. The summed E-state index contributed by atoms with van der Waals surface area (Å²) in [5, 5.41) is 10.5. The third-order valence-electron chi connectivity index (χ3n) is 5.71. The molecule has 0 heterocycles. The summed E-state index contributed by atoms with van der Waals surface area (Å²) in [6.07, 6.45) is 2.04. The summed E-state index contributed by atoms with van der Waals surface area (Å²) in [7, 11) is -3.05. The van der Waals surface area contributed by atoms with E-state index in [9.17, 15) is 32.4 Å². The van der Waals surface area contributed by atoms with E-state index in [2.05, 4.69) is 53.7 Å². The second-order valence-electron chi connectivity index (χ2n) is 16.4. The maximum absolute atomic E-state index is 11.2. The highest BCUT2D eigenvalue weighted by atomic mass is 32.2. The molecule has 0 fully saturated rings. The van der Waals surface area contributed by atoms with Gasteiger partial charge in [-0.15, -0.1) is 0 Å². The van der Waals surface area contributed by atoms with E-state index >= 15 is 0 Å². The van der Waals surface area contributed by atoms with Crippen molar-refractivity contribution in [1.29, 1.82) is 0 Å². The molecule has 0 atom stereocenters. The molecule has 0 rings (SSSR count). The van der Waals surface area contributed by atoms with Crippen LogP contribution in [0.1, 0.15) is 158 Å². The summed E-state index contributed by atoms with van der Waals surface area (Å²) in [6, 6.07) is 0.579. The van der Waals surface area contributed by atoms with Gasteiger partial charge in [-0.3, -0.25) is 19.2 Å². The zero-order valence-electron chi connectivity index (χ0n) is 36.9. The van der Waals surface area contributed by atoms with Gasteiger partial charge in [-0.25, -0.2) is 17.9 Å². The lowest BCUT2D eigenvalue weighted by molar-refractivity contribution is -0.127. The van der Waals surface area contributed by atoms with Crippen molar-refractivity contribution in [2.75, 3.05) is 6.54 Å². The number of ketones is 2. The van der Waals surface area contributed by atoms with E-state index in [1.54, 1.807) is 27.7 Å². The number of rotatable bonds is 16. The van der Waals surface area contributed by atoms with Crippen molar-refractivity contribution in [3.8, 4) is 0 Å². The fraction of sp³-hybridized carbons (Fsp3) is 0.872. The van der Waals surface area contributed by atoms with Gasteiger partial charge in [0.15, 0.2) is 5.78 Å². The van der Waals surface area contributed by atoms with Gasteiger partial charge in [0.25, 0.3) is 0 Å². The Kier molecular flexibility index (Phi) is 37.4. The summed E-state index contributed by atoms with van der Waals surface area (Å²) in [5.41, 5.74) is 0. The highest BCUT2D eigenvalue weighted by molar-refractivity contribution is 7.90. The number of hydrogen-bond acceptors (Lipinski definition) is 7. The van der Waals surface area contributed by atoms with Gasteiger partial charge in [0.1, 0.15) is 5.78 Å². The van der Waals surface area contributed by atoms with E-state index in [4.69, 9.17) is 0 Å². The molecule has 0 saturated carbocycles. The van der Waals surface area contributed by atoms with Crippen molar-refractivity contribution in [1.82, 2.24) is 26.0 Å². The average Bonchev–Trinajstić information content (AvgIpc) is 2.89. The molecule has 0 bridgehead atoms. The SMILES string of the molecule is CC(C)CC(=O)CC(C)C.CC(C)CC(=O)CNC(=O)C(C)C.CC(C)NC(=O)C(C)C.CC(C)NC(=O)NC(C)C.CC(C)NS(=O)(=O)C(C)C. The van der Waals surface area contributed by atoms with E-state index in [1.807, 2.05) is 83.1 Å². The van der Waals surface area contributed by atoms with Crippen LogP contribution in [-0.4, -0.2) is 73.8 Å². The largest absolute Gasteiger partial charge is 0.354 e. The molecule has 12 nitrogen and oxygen atoms in total. The molecular weight excluding hydrogens is 683 g/mol. The third kappa shape index (κ3) is 49.6. The molecule has 0 aliphatic carbocycles. The number of Topliss-reactive ketones (excluding diaryl/α,β-unsaturated/α-hetero) is 2. The van der Waals surface area contributed by atoms with Gasteiger partial charge in [-0.1, -0.05) is 69.2 Å². The van der Waals surface area contributed by atoms with Gasteiger partial charge in [0.05, 0.1) is 11.8 Å². The molecule has 0 aromatic carbocycles. The molecule has 0 unspecified atom stereocenters. The Morgan fingerprint density at radius 3 is 0.981 bits per heavy atom. The van der Waals surface area contributed by atoms with E-state index < -0.39 is 10.0 Å². The van der Waals surface area contributed by atoms with Crippen molar-refractivity contribution < 1.29 is 32.4 Å². The van der Waals surface area contributed by atoms with E-state index in [0.717, 1.165) is 12.8 Å². The Bertz CT molecular complexity index is 1010. The van der Waals surface area contributed by atoms with E-state index in [1.165, 1.54) is 0 Å². The van der Waals surface area contributed by atoms with Crippen LogP contribution in [0.4, 0.5) is 4.79 Å². The number of amides is 4. The van der Waals surface area contributed by atoms with Gasteiger partial charge in [0, 0.05) is 55.3 Å². The van der Waals surface area contributed by atoms with Crippen LogP contribution in [0.3, 0.4) is 0 Å². The monoisotopic (exact) mass is 766 g/mol. The minimum atomic E-state index is -3.05. The number of sulfonamides is 1. The predicted octanol–water partition coefficient (Wildman–Crippen LogP) is 7.01. The highest BCUT2D eigenvalue weighted by Crippen LogP contribution is 2.07. The zero-order chi connectivity index (χ0) is 42.5. The van der Waals surface area contributed by atoms with Crippen molar-refractivity contribution in [3.05, 3.63) is 0 Å². The summed E-state index contributed by atoms with van der Waals surface area (Å²) >= 11 is 0. The number of nitrogens with one attached hydrogen (secondary N) is 5. The quantitative estimate of drug-likeness (QED) is 0.112. The summed E-state index contributed by atoms with van der Waals surface area (Å²) in [6.45, 7) is 38.4. The second kappa shape index (κ2) is 33.1. The first-order valence-electron chi connectivity index (χ1n) is 19.1. The minimum absolute atomic E-state index is 0.00704. The number of carbonyl (C=O) groups is 5. The lowest BCUT2D eigenvalue weighted by Gasteiger charge is -2.11. The van der Waals surface area contributed by atoms with Crippen LogP contribution >= 0.6 is 0 Å². The molecular formula is C39H83N5O7S. The first kappa shape index (κ1) is 58.8.